The summed E-state index contributed by atoms with van der Waals surface area (Å²) < 4.78 is 1.81. The van der Waals surface area contributed by atoms with E-state index in [9.17, 15) is 0 Å². The third-order valence-corrected chi connectivity index (χ3v) is 3.40. The number of halogens is 1. The van der Waals surface area contributed by atoms with Crippen LogP contribution in [-0.4, -0.2) is 29.5 Å². The monoisotopic (exact) mass is 296 g/mol. The first-order valence-electron chi connectivity index (χ1n) is 6.33. The lowest BCUT2D eigenvalue weighted by atomic mass is 10.3. The summed E-state index contributed by atoms with van der Waals surface area (Å²) in [6, 6.07) is 9.35. The summed E-state index contributed by atoms with van der Waals surface area (Å²) in [5, 5.41) is 8.70. The van der Waals surface area contributed by atoms with E-state index in [-0.39, 0.29) is 0 Å². The van der Waals surface area contributed by atoms with Crippen LogP contribution in [0.1, 0.15) is 5.82 Å². The number of nitrogens with zero attached hydrogens (tertiary/aromatic N) is 6. The first-order valence-corrected chi connectivity index (χ1v) is 6.70. The standard InChI is InChI=1S/C14H9ClN6/c1-8-17-12(15)6-13-19-20-14(21(8)13)11-7-16-9-4-2-3-5-10(9)18-11/h2-7H,1H3. The highest BCUT2D eigenvalue weighted by atomic mass is 35.5. The van der Waals surface area contributed by atoms with Crippen molar-refractivity contribution < 1.29 is 0 Å². The highest BCUT2D eigenvalue weighted by molar-refractivity contribution is 6.29. The number of aromatic nitrogens is 6. The Morgan fingerprint density at radius 2 is 1.86 bits per heavy atom. The highest BCUT2D eigenvalue weighted by Crippen LogP contribution is 2.20. The van der Waals surface area contributed by atoms with Crippen LogP contribution in [0.15, 0.2) is 36.5 Å². The molecule has 0 aliphatic rings. The van der Waals surface area contributed by atoms with E-state index in [1.807, 2.05) is 35.6 Å². The highest BCUT2D eigenvalue weighted by Gasteiger charge is 2.13. The lowest BCUT2D eigenvalue weighted by molar-refractivity contribution is 0.981. The van der Waals surface area contributed by atoms with Crippen molar-refractivity contribution in [2.75, 3.05) is 0 Å². The zero-order valence-electron chi connectivity index (χ0n) is 11.0. The minimum Gasteiger partial charge on any atom is -0.261 e. The molecule has 0 N–H and O–H groups in total. The van der Waals surface area contributed by atoms with E-state index in [0.717, 1.165) is 11.0 Å². The Hall–Kier alpha value is -2.60. The van der Waals surface area contributed by atoms with Gasteiger partial charge in [-0.15, -0.1) is 10.2 Å². The smallest absolute Gasteiger partial charge is 0.190 e. The quantitative estimate of drug-likeness (QED) is 0.505. The van der Waals surface area contributed by atoms with Crippen molar-refractivity contribution in [2.24, 2.45) is 0 Å². The van der Waals surface area contributed by atoms with Crippen LogP contribution in [0, 0.1) is 6.92 Å². The molecule has 0 unspecified atom stereocenters. The summed E-state index contributed by atoms with van der Waals surface area (Å²) in [5.41, 5.74) is 2.94. The van der Waals surface area contributed by atoms with Crippen molar-refractivity contribution >= 4 is 28.3 Å². The number of rotatable bonds is 1. The fourth-order valence-corrected chi connectivity index (χ4v) is 2.50. The van der Waals surface area contributed by atoms with Crippen molar-refractivity contribution in [1.29, 1.82) is 0 Å². The molecule has 0 saturated heterocycles. The van der Waals surface area contributed by atoms with Gasteiger partial charge in [-0.25, -0.2) is 9.97 Å². The number of benzene rings is 1. The fraction of sp³-hybridized carbons (Fsp3) is 0.0714. The molecule has 0 atom stereocenters. The lowest BCUT2D eigenvalue weighted by Crippen LogP contribution is -1.99. The molecule has 0 fully saturated rings. The normalized spacial score (nSPS) is 11.3. The van der Waals surface area contributed by atoms with E-state index in [1.165, 1.54) is 0 Å². The van der Waals surface area contributed by atoms with Crippen LogP contribution >= 0.6 is 11.6 Å². The Balaban J connectivity index is 2.00. The van der Waals surface area contributed by atoms with Crippen molar-refractivity contribution in [3.05, 3.63) is 47.5 Å². The third-order valence-electron chi connectivity index (χ3n) is 3.21. The molecule has 0 saturated carbocycles. The second kappa shape index (κ2) is 4.46. The van der Waals surface area contributed by atoms with Gasteiger partial charge in [0.25, 0.3) is 0 Å². The molecule has 3 heterocycles. The average Bonchev–Trinajstić information content (AvgIpc) is 2.90. The van der Waals surface area contributed by atoms with Gasteiger partial charge in [-0.2, -0.15) is 0 Å². The average molecular weight is 297 g/mol. The first kappa shape index (κ1) is 12.2. The van der Waals surface area contributed by atoms with Gasteiger partial charge in [0, 0.05) is 6.07 Å². The molecule has 4 rings (SSSR count). The largest absolute Gasteiger partial charge is 0.261 e. The SMILES string of the molecule is Cc1nc(Cl)cc2nnc(-c3cnc4ccccc4n3)n12. The molecule has 0 bridgehead atoms. The van der Waals surface area contributed by atoms with Crippen LogP contribution in [0.4, 0.5) is 0 Å². The van der Waals surface area contributed by atoms with E-state index >= 15 is 0 Å². The summed E-state index contributed by atoms with van der Waals surface area (Å²) in [5.74, 6) is 1.30. The maximum atomic E-state index is 5.94. The van der Waals surface area contributed by atoms with Crippen molar-refractivity contribution in [1.82, 2.24) is 29.5 Å². The van der Waals surface area contributed by atoms with E-state index in [2.05, 4.69) is 25.1 Å². The Kier molecular flexibility index (Phi) is 2.58. The number of hydrogen-bond acceptors (Lipinski definition) is 5. The van der Waals surface area contributed by atoms with Crippen LogP contribution in [0.25, 0.3) is 28.2 Å². The van der Waals surface area contributed by atoms with E-state index in [1.54, 1.807) is 12.3 Å². The van der Waals surface area contributed by atoms with E-state index in [4.69, 9.17) is 11.6 Å². The number of fused-ring (bicyclic) bond motifs is 2. The second-order valence-electron chi connectivity index (χ2n) is 4.59. The minimum atomic E-state index is 0.392. The molecule has 0 radical (unpaired) electrons. The molecule has 6 nitrogen and oxygen atoms in total. The van der Waals surface area contributed by atoms with Gasteiger partial charge in [0.2, 0.25) is 0 Å². The Morgan fingerprint density at radius 3 is 2.71 bits per heavy atom. The molecule has 0 aliphatic carbocycles. The van der Waals surface area contributed by atoms with Crippen LogP contribution < -0.4 is 0 Å². The molecule has 3 aromatic heterocycles. The van der Waals surface area contributed by atoms with E-state index in [0.29, 0.717) is 28.1 Å². The minimum absolute atomic E-state index is 0.392. The lowest BCUT2D eigenvalue weighted by Gasteiger charge is -2.04. The summed E-state index contributed by atoms with van der Waals surface area (Å²) in [6.45, 7) is 1.85. The topological polar surface area (TPSA) is 68.9 Å². The van der Waals surface area contributed by atoms with Crippen molar-refractivity contribution in [2.45, 2.75) is 6.92 Å². The summed E-state index contributed by atoms with van der Waals surface area (Å²) in [7, 11) is 0. The van der Waals surface area contributed by atoms with Crippen LogP contribution in [0.3, 0.4) is 0 Å². The predicted octanol–water partition coefficient (Wildman–Crippen LogP) is 2.70. The van der Waals surface area contributed by atoms with Gasteiger partial charge in [0.1, 0.15) is 16.7 Å². The number of para-hydroxylation sites is 2. The van der Waals surface area contributed by atoms with Gasteiger partial charge in [-0.05, 0) is 19.1 Å². The van der Waals surface area contributed by atoms with Gasteiger partial charge in [0.05, 0.1) is 17.2 Å². The molecular weight excluding hydrogens is 288 g/mol. The zero-order chi connectivity index (χ0) is 14.4. The fourth-order valence-electron chi connectivity index (χ4n) is 2.28. The van der Waals surface area contributed by atoms with Gasteiger partial charge >= 0.3 is 0 Å². The molecule has 0 spiro atoms. The number of aryl methyl sites for hydroxylation is 1. The third kappa shape index (κ3) is 1.92. The van der Waals surface area contributed by atoms with Crippen molar-refractivity contribution in [3.8, 4) is 11.5 Å². The summed E-state index contributed by atoms with van der Waals surface area (Å²) in [4.78, 5) is 13.2. The molecule has 1 aromatic carbocycles. The van der Waals surface area contributed by atoms with Crippen LogP contribution in [0.2, 0.25) is 5.15 Å². The van der Waals surface area contributed by atoms with Gasteiger partial charge in [-0.1, -0.05) is 23.7 Å². The molecule has 102 valence electrons. The second-order valence-corrected chi connectivity index (χ2v) is 4.97. The van der Waals surface area contributed by atoms with Gasteiger partial charge in [0.15, 0.2) is 11.5 Å². The Bertz CT molecular complexity index is 978. The van der Waals surface area contributed by atoms with Gasteiger partial charge in [-0.3, -0.25) is 9.38 Å². The maximum absolute atomic E-state index is 5.94. The van der Waals surface area contributed by atoms with E-state index < -0.39 is 0 Å². The Labute approximate surface area is 124 Å². The Morgan fingerprint density at radius 1 is 1.05 bits per heavy atom. The molecule has 0 aliphatic heterocycles. The van der Waals surface area contributed by atoms with Gasteiger partial charge < -0.3 is 0 Å². The first-order chi connectivity index (χ1) is 10.2. The zero-order valence-corrected chi connectivity index (χ0v) is 11.8. The summed E-state index contributed by atoms with van der Waals surface area (Å²) >= 11 is 5.94. The van der Waals surface area contributed by atoms with Crippen LogP contribution in [0.5, 0.6) is 0 Å². The van der Waals surface area contributed by atoms with Crippen LogP contribution in [-0.2, 0) is 0 Å². The molecular formula is C14H9ClN6. The summed E-state index contributed by atoms with van der Waals surface area (Å²) in [6.07, 6.45) is 1.69. The number of hydrogen-bond donors (Lipinski definition) is 0. The van der Waals surface area contributed by atoms with Crippen molar-refractivity contribution in [3.63, 3.8) is 0 Å². The molecule has 4 aromatic rings. The molecule has 7 heteroatoms. The maximum Gasteiger partial charge on any atom is 0.190 e. The predicted molar refractivity (Wildman–Crippen MR) is 79.1 cm³/mol. The molecule has 0 amide bonds. The molecule has 21 heavy (non-hydrogen) atoms.